The van der Waals surface area contributed by atoms with E-state index < -0.39 is 27.8 Å². The number of carbonyl (C=O) groups is 1. The van der Waals surface area contributed by atoms with Gasteiger partial charge < -0.3 is 15.1 Å². The average Bonchev–Trinajstić information content (AvgIpc) is 2.97. The van der Waals surface area contributed by atoms with Crippen LogP contribution in [0.5, 0.6) is 0 Å². The summed E-state index contributed by atoms with van der Waals surface area (Å²) in [6.45, 7) is -0.0968. The molecule has 0 aliphatic heterocycles. The molecular formula is C12H8N6O6. The zero-order chi connectivity index (χ0) is 17.4. The lowest BCUT2D eigenvalue weighted by Crippen LogP contribution is -2.29. The fraction of sp³-hybridized carbons (Fsp3) is 0.0833. The van der Waals surface area contributed by atoms with E-state index in [0.29, 0.717) is 0 Å². The van der Waals surface area contributed by atoms with E-state index in [-0.39, 0.29) is 28.8 Å². The van der Waals surface area contributed by atoms with Crippen molar-refractivity contribution in [2.75, 3.05) is 0 Å². The second-order valence-electron chi connectivity index (χ2n) is 4.76. The Bertz CT molecular complexity index is 1090. The number of benzene rings is 1. The van der Waals surface area contributed by atoms with Crippen LogP contribution in [0.3, 0.4) is 0 Å². The van der Waals surface area contributed by atoms with Gasteiger partial charge in [0.15, 0.2) is 0 Å². The van der Waals surface area contributed by atoms with Crippen molar-refractivity contribution in [3.63, 3.8) is 0 Å². The highest BCUT2D eigenvalue weighted by atomic mass is 16.6. The second-order valence-corrected chi connectivity index (χ2v) is 4.76. The third-order valence-corrected chi connectivity index (χ3v) is 3.17. The van der Waals surface area contributed by atoms with E-state index in [2.05, 4.69) is 20.1 Å². The number of H-pyrrole nitrogens is 2. The van der Waals surface area contributed by atoms with Gasteiger partial charge in [-0.15, -0.1) is 5.10 Å². The summed E-state index contributed by atoms with van der Waals surface area (Å²) < 4.78 is 1.14. The van der Waals surface area contributed by atoms with Crippen LogP contribution in [0.25, 0.3) is 11.0 Å². The summed E-state index contributed by atoms with van der Waals surface area (Å²) in [6.07, 6.45) is 1.14. The summed E-state index contributed by atoms with van der Waals surface area (Å²) in [7, 11) is 0. The van der Waals surface area contributed by atoms with Gasteiger partial charge in [-0.25, -0.2) is 14.5 Å². The second kappa shape index (κ2) is 5.42. The molecule has 0 radical (unpaired) electrons. The Morgan fingerprint density at radius 2 is 2.00 bits per heavy atom. The first-order valence-electron chi connectivity index (χ1n) is 6.41. The molecule has 0 fully saturated rings. The Kier molecular flexibility index (Phi) is 3.41. The topological polar surface area (TPSA) is 177 Å². The van der Waals surface area contributed by atoms with Crippen molar-refractivity contribution in [3.05, 3.63) is 60.7 Å². The van der Waals surface area contributed by atoms with E-state index >= 15 is 0 Å². The van der Waals surface area contributed by atoms with Crippen LogP contribution in [0.4, 0.5) is 5.69 Å². The van der Waals surface area contributed by atoms with Crippen LogP contribution in [-0.4, -0.2) is 40.7 Å². The maximum atomic E-state index is 11.5. The summed E-state index contributed by atoms with van der Waals surface area (Å²) in [4.78, 5) is 52.2. The van der Waals surface area contributed by atoms with Gasteiger partial charge >= 0.3 is 17.1 Å². The highest BCUT2D eigenvalue weighted by molar-refractivity contribution is 5.83. The number of carboxylic acids is 1. The molecule has 0 unspecified atom stereocenters. The smallest absolute Gasteiger partial charge is 0.375 e. The van der Waals surface area contributed by atoms with Crippen molar-refractivity contribution in [2.24, 2.45) is 0 Å². The maximum absolute atomic E-state index is 11.5. The van der Waals surface area contributed by atoms with E-state index in [0.717, 1.165) is 17.1 Å². The van der Waals surface area contributed by atoms with Gasteiger partial charge in [0, 0.05) is 17.7 Å². The van der Waals surface area contributed by atoms with E-state index in [1.165, 1.54) is 6.07 Å². The summed E-state index contributed by atoms with van der Waals surface area (Å²) in [5, 5.41) is 23.5. The van der Waals surface area contributed by atoms with Crippen LogP contribution in [0, 0.1) is 10.1 Å². The first-order valence-corrected chi connectivity index (χ1v) is 6.41. The molecule has 0 spiro atoms. The minimum Gasteiger partial charge on any atom is -0.475 e. The molecule has 0 saturated carbocycles. The quantitative estimate of drug-likeness (QED) is 0.324. The number of aromatic amines is 2. The minimum atomic E-state index is -1.32. The van der Waals surface area contributed by atoms with Crippen LogP contribution in [0.15, 0.2) is 28.0 Å². The molecule has 3 rings (SSSR count). The zero-order valence-corrected chi connectivity index (χ0v) is 11.7. The SMILES string of the molecule is O=C(O)c1ncn(Cc2cc([N+](=O)[O-])cc3[nH]c(=O)c(=O)[nH]c23)n1. The molecular weight excluding hydrogens is 324 g/mol. The van der Waals surface area contributed by atoms with Crippen molar-refractivity contribution in [2.45, 2.75) is 6.54 Å². The van der Waals surface area contributed by atoms with Crippen LogP contribution < -0.4 is 11.1 Å². The first-order chi connectivity index (χ1) is 11.3. The van der Waals surface area contributed by atoms with E-state index in [9.17, 15) is 24.5 Å². The number of aromatic carboxylic acids is 1. The van der Waals surface area contributed by atoms with Gasteiger partial charge in [-0.1, -0.05) is 0 Å². The van der Waals surface area contributed by atoms with Gasteiger partial charge in [0.1, 0.15) is 6.33 Å². The fourth-order valence-electron chi connectivity index (χ4n) is 2.15. The Labute approximate surface area is 130 Å². The van der Waals surface area contributed by atoms with Crippen LogP contribution in [-0.2, 0) is 6.54 Å². The standard InChI is InChI=1S/C12H8N6O6/c19-10-11(20)15-8-5(1-6(18(23)24)2-7(8)14-10)3-17-4-13-9(16-17)12(21)22/h1-2,4H,3H2,(H,14,19)(H,15,20)(H,21,22). The van der Waals surface area contributed by atoms with E-state index in [1.54, 1.807) is 0 Å². The molecule has 2 aromatic heterocycles. The number of non-ortho nitro benzene ring substituents is 1. The molecule has 0 aliphatic rings. The normalized spacial score (nSPS) is 10.8. The molecule has 3 aromatic rings. The Morgan fingerprint density at radius 3 is 2.62 bits per heavy atom. The number of aromatic nitrogens is 5. The minimum absolute atomic E-state index is 0.0716. The summed E-state index contributed by atoms with van der Waals surface area (Å²) in [6, 6.07) is 2.30. The predicted octanol–water partition coefficient (Wildman–Crippen LogP) is -0.537. The number of carboxylic acid groups (broad SMARTS) is 1. The summed E-state index contributed by atoms with van der Waals surface area (Å²) in [5.74, 6) is -1.76. The Balaban J connectivity index is 2.18. The van der Waals surface area contributed by atoms with E-state index in [4.69, 9.17) is 5.11 Å². The van der Waals surface area contributed by atoms with Crippen molar-refractivity contribution in [3.8, 4) is 0 Å². The van der Waals surface area contributed by atoms with Crippen molar-refractivity contribution in [1.29, 1.82) is 0 Å². The molecule has 12 heteroatoms. The lowest BCUT2D eigenvalue weighted by atomic mass is 10.1. The predicted molar refractivity (Wildman–Crippen MR) is 77.9 cm³/mol. The number of nitrogens with zero attached hydrogens (tertiary/aromatic N) is 4. The van der Waals surface area contributed by atoms with Gasteiger partial charge in [-0.2, -0.15) is 0 Å². The van der Waals surface area contributed by atoms with Crippen molar-refractivity contribution < 1.29 is 14.8 Å². The van der Waals surface area contributed by atoms with Crippen LogP contribution >= 0.6 is 0 Å². The molecule has 3 N–H and O–H groups in total. The summed E-state index contributed by atoms with van der Waals surface area (Å²) >= 11 is 0. The molecule has 0 aliphatic carbocycles. The lowest BCUT2D eigenvalue weighted by molar-refractivity contribution is -0.384. The van der Waals surface area contributed by atoms with Crippen LogP contribution in [0.2, 0.25) is 0 Å². The molecule has 0 bridgehead atoms. The molecule has 0 saturated heterocycles. The number of nitrogens with one attached hydrogen (secondary N) is 2. The Morgan fingerprint density at radius 1 is 1.29 bits per heavy atom. The number of nitro benzene ring substituents is 1. The number of hydrogen-bond donors (Lipinski definition) is 3. The van der Waals surface area contributed by atoms with Crippen molar-refractivity contribution >= 4 is 22.7 Å². The molecule has 0 amide bonds. The highest BCUT2D eigenvalue weighted by Crippen LogP contribution is 2.22. The Hall–Kier alpha value is -3.83. The number of fused-ring (bicyclic) bond motifs is 1. The largest absolute Gasteiger partial charge is 0.475 e. The first kappa shape index (κ1) is 15.1. The summed E-state index contributed by atoms with van der Waals surface area (Å²) in [5.41, 5.74) is -1.65. The van der Waals surface area contributed by atoms with Gasteiger partial charge in [0.25, 0.3) is 11.5 Å². The van der Waals surface area contributed by atoms with Gasteiger partial charge in [0.05, 0.1) is 22.5 Å². The molecule has 122 valence electrons. The molecule has 24 heavy (non-hydrogen) atoms. The van der Waals surface area contributed by atoms with Gasteiger partial charge in [-0.3, -0.25) is 19.7 Å². The zero-order valence-electron chi connectivity index (χ0n) is 11.7. The fourth-order valence-corrected chi connectivity index (χ4v) is 2.15. The highest BCUT2D eigenvalue weighted by Gasteiger charge is 2.16. The maximum Gasteiger partial charge on any atom is 0.375 e. The van der Waals surface area contributed by atoms with Crippen molar-refractivity contribution in [1.82, 2.24) is 24.7 Å². The number of nitro groups is 1. The molecule has 1 aromatic carbocycles. The number of rotatable bonds is 4. The van der Waals surface area contributed by atoms with Gasteiger partial charge in [-0.05, 0) is 0 Å². The lowest BCUT2D eigenvalue weighted by Gasteiger charge is -2.06. The van der Waals surface area contributed by atoms with Crippen LogP contribution in [0.1, 0.15) is 16.2 Å². The third kappa shape index (κ3) is 2.63. The monoisotopic (exact) mass is 332 g/mol. The number of hydrogen-bond acceptors (Lipinski definition) is 7. The third-order valence-electron chi connectivity index (χ3n) is 3.17. The molecule has 0 atom stereocenters. The molecule has 2 heterocycles. The average molecular weight is 332 g/mol. The van der Waals surface area contributed by atoms with Gasteiger partial charge in [0.2, 0.25) is 0 Å². The van der Waals surface area contributed by atoms with E-state index in [1.807, 2.05) is 0 Å². The molecule has 12 nitrogen and oxygen atoms in total.